The first-order valence-electron chi connectivity index (χ1n) is 5.22. The molecule has 0 fully saturated rings. The molecule has 0 aliphatic heterocycles. The molecule has 0 atom stereocenters. The molecule has 3 nitrogen and oxygen atoms in total. The van der Waals surface area contributed by atoms with Crippen molar-refractivity contribution >= 4 is 21.9 Å². The van der Waals surface area contributed by atoms with Gasteiger partial charge in [-0.05, 0) is 34.0 Å². The summed E-state index contributed by atoms with van der Waals surface area (Å²) in [6, 6.07) is 9.80. The summed E-state index contributed by atoms with van der Waals surface area (Å²) in [5.74, 6) is -0.899. The van der Waals surface area contributed by atoms with Crippen LogP contribution in [0.4, 0.5) is 0 Å². The Balaban J connectivity index is 2.40. The van der Waals surface area contributed by atoms with Crippen LogP contribution >= 0.6 is 15.9 Å². The van der Waals surface area contributed by atoms with E-state index >= 15 is 0 Å². The fourth-order valence-corrected chi connectivity index (χ4v) is 2.25. The van der Waals surface area contributed by atoms with Crippen molar-refractivity contribution in [3.63, 3.8) is 0 Å². The Morgan fingerprint density at radius 2 is 2.00 bits per heavy atom. The Morgan fingerprint density at radius 1 is 1.35 bits per heavy atom. The van der Waals surface area contributed by atoms with Crippen LogP contribution in [-0.4, -0.2) is 15.6 Å². The summed E-state index contributed by atoms with van der Waals surface area (Å²) in [5.41, 5.74) is 2.17. The fourth-order valence-electron chi connectivity index (χ4n) is 1.81. The SMILES string of the molecule is Cc1c(Br)cn(Cc2ccccc2)c1C(=O)O. The summed E-state index contributed by atoms with van der Waals surface area (Å²) in [6.07, 6.45) is 1.81. The van der Waals surface area contributed by atoms with E-state index in [2.05, 4.69) is 15.9 Å². The van der Waals surface area contributed by atoms with Gasteiger partial charge in [0.25, 0.3) is 0 Å². The van der Waals surface area contributed by atoms with Gasteiger partial charge >= 0.3 is 5.97 Å². The van der Waals surface area contributed by atoms with E-state index in [4.69, 9.17) is 0 Å². The molecule has 0 radical (unpaired) electrons. The molecule has 0 saturated carbocycles. The highest BCUT2D eigenvalue weighted by molar-refractivity contribution is 9.10. The molecule has 0 aliphatic rings. The average Bonchev–Trinajstić information content (AvgIpc) is 2.56. The predicted molar refractivity (Wildman–Crippen MR) is 69.4 cm³/mol. The lowest BCUT2D eigenvalue weighted by molar-refractivity contribution is 0.0685. The lowest BCUT2D eigenvalue weighted by Gasteiger charge is -2.06. The van der Waals surface area contributed by atoms with Gasteiger partial charge in [0.05, 0.1) is 0 Å². The molecule has 1 aromatic heterocycles. The van der Waals surface area contributed by atoms with Gasteiger partial charge < -0.3 is 9.67 Å². The third-order valence-corrected chi connectivity index (χ3v) is 3.47. The minimum Gasteiger partial charge on any atom is -0.477 e. The van der Waals surface area contributed by atoms with E-state index in [0.717, 1.165) is 15.6 Å². The molecular weight excluding hydrogens is 282 g/mol. The molecule has 1 heterocycles. The number of carboxylic acids is 1. The molecule has 1 aromatic carbocycles. The van der Waals surface area contributed by atoms with Crippen LogP contribution in [0.15, 0.2) is 41.0 Å². The first-order chi connectivity index (χ1) is 8.09. The van der Waals surface area contributed by atoms with Gasteiger partial charge in [-0.1, -0.05) is 30.3 Å². The fraction of sp³-hybridized carbons (Fsp3) is 0.154. The summed E-state index contributed by atoms with van der Waals surface area (Å²) < 4.78 is 2.57. The van der Waals surface area contributed by atoms with E-state index < -0.39 is 5.97 Å². The van der Waals surface area contributed by atoms with Gasteiger partial charge in [-0.2, -0.15) is 0 Å². The minimum atomic E-state index is -0.899. The van der Waals surface area contributed by atoms with E-state index in [0.29, 0.717) is 12.2 Å². The van der Waals surface area contributed by atoms with E-state index in [9.17, 15) is 9.90 Å². The number of rotatable bonds is 3. The van der Waals surface area contributed by atoms with Crippen molar-refractivity contribution in [1.29, 1.82) is 0 Å². The lowest BCUT2D eigenvalue weighted by Crippen LogP contribution is -2.09. The van der Waals surface area contributed by atoms with Crippen LogP contribution in [-0.2, 0) is 6.54 Å². The van der Waals surface area contributed by atoms with Crippen LogP contribution in [0.2, 0.25) is 0 Å². The van der Waals surface area contributed by atoms with Crippen LogP contribution in [0.5, 0.6) is 0 Å². The van der Waals surface area contributed by atoms with Crippen molar-refractivity contribution in [2.24, 2.45) is 0 Å². The van der Waals surface area contributed by atoms with Crippen LogP contribution in [0.1, 0.15) is 21.6 Å². The molecular formula is C13H12BrNO2. The van der Waals surface area contributed by atoms with Gasteiger partial charge in [0.1, 0.15) is 5.69 Å². The molecule has 1 N–H and O–H groups in total. The first kappa shape index (κ1) is 11.9. The molecule has 0 aliphatic carbocycles. The zero-order chi connectivity index (χ0) is 12.4. The third-order valence-electron chi connectivity index (χ3n) is 2.67. The van der Waals surface area contributed by atoms with Crippen molar-refractivity contribution in [2.45, 2.75) is 13.5 Å². The maximum Gasteiger partial charge on any atom is 0.352 e. The van der Waals surface area contributed by atoms with Gasteiger partial charge in [0.2, 0.25) is 0 Å². The number of hydrogen-bond acceptors (Lipinski definition) is 1. The average molecular weight is 294 g/mol. The number of nitrogens with zero attached hydrogens (tertiary/aromatic N) is 1. The zero-order valence-electron chi connectivity index (χ0n) is 9.35. The van der Waals surface area contributed by atoms with Crippen LogP contribution in [0, 0.1) is 6.92 Å². The number of carbonyl (C=O) groups is 1. The molecule has 88 valence electrons. The topological polar surface area (TPSA) is 42.2 Å². The van der Waals surface area contributed by atoms with Crippen LogP contribution in [0.3, 0.4) is 0 Å². The molecule has 0 saturated heterocycles. The third kappa shape index (κ3) is 2.42. The summed E-state index contributed by atoms with van der Waals surface area (Å²) in [6.45, 7) is 2.37. The quantitative estimate of drug-likeness (QED) is 0.943. The Hall–Kier alpha value is -1.55. The lowest BCUT2D eigenvalue weighted by atomic mass is 10.2. The number of aromatic carboxylic acids is 1. The molecule has 2 rings (SSSR count). The standard InChI is InChI=1S/C13H12BrNO2/c1-9-11(14)8-15(12(9)13(16)17)7-10-5-3-2-4-6-10/h2-6,8H,7H2,1H3,(H,16,17). The highest BCUT2D eigenvalue weighted by atomic mass is 79.9. The molecule has 0 bridgehead atoms. The van der Waals surface area contributed by atoms with Gasteiger partial charge in [-0.15, -0.1) is 0 Å². The normalized spacial score (nSPS) is 10.5. The molecule has 4 heteroatoms. The summed E-state index contributed by atoms with van der Waals surface area (Å²) in [5, 5.41) is 9.20. The van der Waals surface area contributed by atoms with Crippen molar-refractivity contribution in [3.8, 4) is 0 Å². The Bertz CT molecular complexity index is 546. The smallest absolute Gasteiger partial charge is 0.352 e. The molecule has 17 heavy (non-hydrogen) atoms. The zero-order valence-corrected chi connectivity index (χ0v) is 10.9. The van der Waals surface area contributed by atoms with Crippen molar-refractivity contribution in [3.05, 3.63) is 57.8 Å². The molecule has 2 aromatic rings. The van der Waals surface area contributed by atoms with Crippen LogP contribution in [0.25, 0.3) is 0 Å². The van der Waals surface area contributed by atoms with Crippen molar-refractivity contribution < 1.29 is 9.90 Å². The van der Waals surface area contributed by atoms with E-state index in [-0.39, 0.29) is 0 Å². The van der Waals surface area contributed by atoms with Gasteiger partial charge in [0.15, 0.2) is 0 Å². The second-order valence-corrected chi connectivity index (χ2v) is 4.72. The summed E-state index contributed by atoms with van der Waals surface area (Å²) in [4.78, 5) is 11.2. The van der Waals surface area contributed by atoms with Gasteiger partial charge in [0, 0.05) is 17.2 Å². The molecule has 0 spiro atoms. The number of hydrogen-bond donors (Lipinski definition) is 1. The summed E-state index contributed by atoms with van der Waals surface area (Å²) in [7, 11) is 0. The Kier molecular flexibility index (Phi) is 3.33. The van der Waals surface area contributed by atoms with E-state index in [1.165, 1.54) is 0 Å². The number of benzene rings is 1. The van der Waals surface area contributed by atoms with Crippen LogP contribution < -0.4 is 0 Å². The first-order valence-corrected chi connectivity index (χ1v) is 6.01. The number of carboxylic acid groups (broad SMARTS) is 1. The number of aromatic nitrogens is 1. The van der Waals surface area contributed by atoms with E-state index in [1.807, 2.05) is 36.5 Å². The van der Waals surface area contributed by atoms with Gasteiger partial charge in [-0.25, -0.2) is 4.79 Å². The van der Waals surface area contributed by atoms with Gasteiger partial charge in [-0.3, -0.25) is 0 Å². The Morgan fingerprint density at radius 3 is 2.59 bits per heavy atom. The number of halogens is 1. The monoisotopic (exact) mass is 293 g/mol. The van der Waals surface area contributed by atoms with Crippen molar-refractivity contribution in [1.82, 2.24) is 4.57 Å². The highest BCUT2D eigenvalue weighted by Crippen LogP contribution is 2.23. The Labute approximate surface area is 108 Å². The summed E-state index contributed by atoms with van der Waals surface area (Å²) >= 11 is 3.36. The minimum absolute atomic E-state index is 0.334. The van der Waals surface area contributed by atoms with Crippen molar-refractivity contribution in [2.75, 3.05) is 0 Å². The highest BCUT2D eigenvalue weighted by Gasteiger charge is 2.16. The molecule has 0 amide bonds. The molecule has 0 unspecified atom stereocenters. The predicted octanol–water partition coefficient (Wildman–Crippen LogP) is 3.31. The second-order valence-electron chi connectivity index (χ2n) is 3.87. The largest absolute Gasteiger partial charge is 0.477 e. The second kappa shape index (κ2) is 4.75. The van der Waals surface area contributed by atoms with E-state index in [1.54, 1.807) is 11.5 Å². The maximum absolute atomic E-state index is 11.2. The maximum atomic E-state index is 11.2.